The number of nitrogens with one attached hydrogen (secondary N) is 2. The highest BCUT2D eigenvalue weighted by Crippen LogP contribution is 2.23. The summed E-state index contributed by atoms with van der Waals surface area (Å²) in [5.41, 5.74) is 1.76. The Labute approximate surface area is 119 Å². The van der Waals surface area contributed by atoms with E-state index in [0.717, 1.165) is 33.9 Å². The predicted octanol–water partition coefficient (Wildman–Crippen LogP) is 2.69. The first-order chi connectivity index (χ1) is 9.22. The highest BCUT2D eigenvalue weighted by molar-refractivity contribution is 9.10. The molecule has 0 unspecified atom stereocenters. The van der Waals surface area contributed by atoms with Gasteiger partial charge >= 0.3 is 0 Å². The molecule has 1 aliphatic rings. The van der Waals surface area contributed by atoms with Crippen LogP contribution < -0.4 is 10.6 Å². The van der Waals surface area contributed by atoms with Crippen molar-refractivity contribution in [1.82, 2.24) is 10.3 Å². The molecule has 0 aliphatic heterocycles. The Kier molecular flexibility index (Phi) is 3.38. The van der Waals surface area contributed by atoms with E-state index in [1.54, 1.807) is 6.20 Å². The third-order valence-electron chi connectivity index (χ3n) is 3.06. The Morgan fingerprint density at radius 2 is 2.26 bits per heavy atom. The van der Waals surface area contributed by atoms with E-state index < -0.39 is 0 Å². The van der Waals surface area contributed by atoms with Gasteiger partial charge in [0.1, 0.15) is 0 Å². The van der Waals surface area contributed by atoms with Crippen LogP contribution in [0.3, 0.4) is 0 Å². The van der Waals surface area contributed by atoms with Crippen molar-refractivity contribution in [3.05, 3.63) is 34.9 Å². The average molecular weight is 320 g/mol. The van der Waals surface area contributed by atoms with Gasteiger partial charge < -0.3 is 10.6 Å². The van der Waals surface area contributed by atoms with E-state index in [2.05, 4.69) is 31.5 Å². The largest absolute Gasteiger partial charge is 0.374 e. The molecule has 0 radical (unpaired) electrons. The van der Waals surface area contributed by atoms with E-state index in [9.17, 15) is 4.79 Å². The molecule has 0 bridgehead atoms. The summed E-state index contributed by atoms with van der Waals surface area (Å²) < 4.78 is 0.948. The van der Waals surface area contributed by atoms with Crippen LogP contribution in [-0.2, 0) is 4.79 Å². The number of para-hydroxylation sites is 1. The Morgan fingerprint density at radius 3 is 3.05 bits per heavy atom. The van der Waals surface area contributed by atoms with Gasteiger partial charge in [-0.15, -0.1) is 0 Å². The van der Waals surface area contributed by atoms with Crippen LogP contribution in [0.25, 0.3) is 10.9 Å². The van der Waals surface area contributed by atoms with Crippen LogP contribution in [0, 0.1) is 0 Å². The molecule has 19 heavy (non-hydrogen) atoms. The second-order valence-corrected chi connectivity index (χ2v) is 5.64. The van der Waals surface area contributed by atoms with E-state index in [4.69, 9.17) is 0 Å². The van der Waals surface area contributed by atoms with Gasteiger partial charge in [-0.2, -0.15) is 0 Å². The number of amides is 1. The monoisotopic (exact) mass is 319 g/mol. The zero-order valence-electron chi connectivity index (χ0n) is 10.3. The van der Waals surface area contributed by atoms with Crippen LogP contribution in [0.4, 0.5) is 5.69 Å². The van der Waals surface area contributed by atoms with Crippen molar-refractivity contribution in [1.29, 1.82) is 0 Å². The fraction of sp³-hybridized carbons (Fsp3) is 0.286. The van der Waals surface area contributed by atoms with Crippen molar-refractivity contribution < 1.29 is 4.79 Å². The van der Waals surface area contributed by atoms with Crippen LogP contribution in [0.15, 0.2) is 34.9 Å². The van der Waals surface area contributed by atoms with Crippen LogP contribution in [0.5, 0.6) is 0 Å². The van der Waals surface area contributed by atoms with Gasteiger partial charge in [0.05, 0.1) is 17.7 Å². The lowest BCUT2D eigenvalue weighted by molar-refractivity contribution is -0.119. The molecule has 0 saturated heterocycles. The summed E-state index contributed by atoms with van der Waals surface area (Å²) in [5, 5.41) is 7.15. The molecule has 1 aliphatic carbocycles. The number of rotatable bonds is 4. The zero-order chi connectivity index (χ0) is 13.2. The third kappa shape index (κ3) is 3.04. The number of hydrogen-bond acceptors (Lipinski definition) is 3. The summed E-state index contributed by atoms with van der Waals surface area (Å²) in [4.78, 5) is 16.0. The molecule has 3 rings (SSSR count). The molecule has 98 valence electrons. The van der Waals surface area contributed by atoms with Gasteiger partial charge in [0.15, 0.2) is 0 Å². The molecular weight excluding hydrogens is 306 g/mol. The third-order valence-corrected chi connectivity index (χ3v) is 3.49. The van der Waals surface area contributed by atoms with E-state index >= 15 is 0 Å². The second kappa shape index (κ2) is 5.17. The first-order valence-electron chi connectivity index (χ1n) is 6.30. The van der Waals surface area contributed by atoms with Crippen LogP contribution in [0.2, 0.25) is 0 Å². The first kappa shape index (κ1) is 12.4. The highest BCUT2D eigenvalue weighted by Gasteiger charge is 2.22. The molecule has 5 heteroatoms. The molecule has 0 atom stereocenters. The fourth-order valence-electron chi connectivity index (χ4n) is 1.96. The van der Waals surface area contributed by atoms with Gasteiger partial charge in [-0.3, -0.25) is 9.78 Å². The van der Waals surface area contributed by atoms with Crippen LogP contribution >= 0.6 is 15.9 Å². The maximum atomic E-state index is 11.7. The lowest BCUT2D eigenvalue weighted by atomic mass is 10.2. The van der Waals surface area contributed by atoms with E-state index in [-0.39, 0.29) is 12.5 Å². The summed E-state index contributed by atoms with van der Waals surface area (Å²) in [6, 6.07) is 8.31. The van der Waals surface area contributed by atoms with E-state index in [0.29, 0.717) is 6.04 Å². The molecule has 1 amide bonds. The number of anilines is 1. The molecule has 2 N–H and O–H groups in total. The number of carbonyl (C=O) groups is 1. The molecule has 1 heterocycles. The highest BCUT2D eigenvalue weighted by atomic mass is 79.9. The molecule has 1 fully saturated rings. The Bertz CT molecular complexity index is 625. The van der Waals surface area contributed by atoms with Gasteiger partial charge in [0.25, 0.3) is 0 Å². The van der Waals surface area contributed by atoms with E-state index in [1.165, 1.54) is 0 Å². The predicted molar refractivity (Wildman–Crippen MR) is 79.1 cm³/mol. The normalized spacial score (nSPS) is 14.4. The smallest absolute Gasteiger partial charge is 0.239 e. The minimum Gasteiger partial charge on any atom is -0.374 e. The van der Waals surface area contributed by atoms with Crippen molar-refractivity contribution in [2.45, 2.75) is 18.9 Å². The summed E-state index contributed by atoms with van der Waals surface area (Å²) in [5.74, 6) is 0.0385. The molecule has 4 nitrogen and oxygen atoms in total. The number of nitrogens with zero attached hydrogens (tertiary/aromatic N) is 1. The van der Waals surface area contributed by atoms with Crippen molar-refractivity contribution >= 4 is 38.4 Å². The van der Waals surface area contributed by atoms with Crippen molar-refractivity contribution in [3.8, 4) is 0 Å². The number of carbonyl (C=O) groups excluding carboxylic acids is 1. The van der Waals surface area contributed by atoms with Crippen molar-refractivity contribution in [2.24, 2.45) is 0 Å². The number of benzene rings is 1. The van der Waals surface area contributed by atoms with Crippen molar-refractivity contribution in [3.63, 3.8) is 0 Å². The number of fused-ring (bicyclic) bond motifs is 1. The number of pyridine rings is 1. The molecule has 1 aromatic heterocycles. The van der Waals surface area contributed by atoms with E-state index in [1.807, 2.05) is 24.3 Å². The summed E-state index contributed by atoms with van der Waals surface area (Å²) >= 11 is 3.41. The second-order valence-electron chi connectivity index (χ2n) is 4.73. The van der Waals surface area contributed by atoms with Crippen LogP contribution in [0.1, 0.15) is 12.8 Å². The first-order valence-corrected chi connectivity index (χ1v) is 7.09. The molecule has 2 aromatic rings. The average Bonchev–Trinajstić information content (AvgIpc) is 3.19. The van der Waals surface area contributed by atoms with Gasteiger partial charge in [0.2, 0.25) is 5.91 Å². The summed E-state index contributed by atoms with van der Waals surface area (Å²) in [7, 11) is 0. The van der Waals surface area contributed by atoms with Gasteiger partial charge in [-0.1, -0.05) is 12.1 Å². The van der Waals surface area contributed by atoms with Gasteiger partial charge in [0, 0.05) is 22.1 Å². The molecule has 1 aromatic carbocycles. The molecular formula is C14H14BrN3O. The Hall–Kier alpha value is -1.62. The van der Waals surface area contributed by atoms with Gasteiger partial charge in [-0.05, 0) is 40.9 Å². The Balaban J connectivity index is 1.74. The number of aromatic nitrogens is 1. The maximum absolute atomic E-state index is 11.7. The van der Waals surface area contributed by atoms with Gasteiger partial charge in [-0.25, -0.2) is 0 Å². The number of hydrogen-bond donors (Lipinski definition) is 2. The molecule has 1 saturated carbocycles. The SMILES string of the molecule is O=C(CNc1cccc2cc(Br)cnc12)NC1CC1. The Morgan fingerprint density at radius 1 is 1.42 bits per heavy atom. The molecule has 0 spiro atoms. The minimum atomic E-state index is 0.0385. The fourth-order valence-corrected chi connectivity index (χ4v) is 2.31. The van der Waals surface area contributed by atoms with Crippen LogP contribution in [-0.4, -0.2) is 23.5 Å². The topological polar surface area (TPSA) is 54.0 Å². The van der Waals surface area contributed by atoms with Crippen molar-refractivity contribution in [2.75, 3.05) is 11.9 Å². The number of halogens is 1. The quantitative estimate of drug-likeness (QED) is 0.911. The zero-order valence-corrected chi connectivity index (χ0v) is 11.9. The minimum absolute atomic E-state index is 0.0385. The summed E-state index contributed by atoms with van der Waals surface area (Å²) in [6.45, 7) is 0.285. The lowest BCUT2D eigenvalue weighted by Crippen LogP contribution is -2.31. The summed E-state index contributed by atoms with van der Waals surface area (Å²) in [6.07, 6.45) is 3.98. The standard InChI is InChI=1S/C14H14BrN3O/c15-10-6-9-2-1-3-12(14(9)17-7-10)16-8-13(19)18-11-4-5-11/h1-3,6-7,11,16H,4-5,8H2,(H,18,19). The lowest BCUT2D eigenvalue weighted by Gasteiger charge is -2.09. The maximum Gasteiger partial charge on any atom is 0.239 e.